The predicted octanol–water partition coefficient (Wildman–Crippen LogP) is 1.09. The molecule has 1 aromatic heterocycles. The molecule has 14 heavy (non-hydrogen) atoms. The molecule has 3 nitrogen and oxygen atoms in total. The molecule has 0 aliphatic carbocycles. The molecular weight excluding hydrogens is 176 g/mol. The lowest BCUT2D eigenvalue weighted by Gasteiger charge is -2.31. The minimum absolute atomic E-state index is 0.322. The van der Waals surface area contributed by atoms with Gasteiger partial charge in [-0.05, 0) is 37.0 Å². The van der Waals surface area contributed by atoms with Crippen LogP contribution in [0.3, 0.4) is 0 Å². The highest BCUT2D eigenvalue weighted by Crippen LogP contribution is 2.20. The average Bonchev–Trinajstić information content (AvgIpc) is 2.30. The highest BCUT2D eigenvalue weighted by Gasteiger charge is 2.18. The van der Waals surface area contributed by atoms with E-state index in [1.54, 1.807) is 6.20 Å². The van der Waals surface area contributed by atoms with Crippen LogP contribution in [0, 0.1) is 12.0 Å². The van der Waals surface area contributed by atoms with Crippen LogP contribution >= 0.6 is 0 Å². The van der Waals surface area contributed by atoms with Crippen molar-refractivity contribution in [2.45, 2.75) is 12.8 Å². The predicted molar refractivity (Wildman–Crippen MR) is 55.1 cm³/mol. The topological polar surface area (TPSA) is 36.4 Å². The highest BCUT2D eigenvalue weighted by molar-refractivity contribution is 5.37. The zero-order valence-corrected chi connectivity index (χ0v) is 8.19. The molecule has 0 atom stereocenters. The third-order valence-electron chi connectivity index (χ3n) is 2.79. The van der Waals surface area contributed by atoms with Crippen molar-refractivity contribution < 1.29 is 5.11 Å². The molecule has 0 bridgehead atoms. The molecule has 0 unspecified atom stereocenters. The van der Waals surface area contributed by atoms with Crippen LogP contribution < -0.4 is 4.90 Å². The van der Waals surface area contributed by atoms with Crippen LogP contribution in [0.5, 0.6) is 0 Å². The van der Waals surface area contributed by atoms with E-state index in [2.05, 4.69) is 16.0 Å². The van der Waals surface area contributed by atoms with Crippen molar-refractivity contribution in [1.82, 2.24) is 4.98 Å². The lowest BCUT2D eigenvalue weighted by molar-refractivity contribution is 0.203. The number of aliphatic hydroxyl groups is 1. The molecular formula is C11H15N2O. The first-order valence-corrected chi connectivity index (χ1v) is 5.08. The molecule has 1 fully saturated rings. The Hall–Kier alpha value is -1.09. The Kier molecular flexibility index (Phi) is 2.99. The fourth-order valence-corrected chi connectivity index (χ4v) is 1.83. The Bertz CT molecular complexity index is 268. The first-order chi connectivity index (χ1) is 6.90. The van der Waals surface area contributed by atoms with E-state index in [1.807, 2.05) is 12.1 Å². The molecule has 1 aliphatic rings. The van der Waals surface area contributed by atoms with Crippen molar-refractivity contribution >= 4 is 5.82 Å². The Balaban J connectivity index is 1.96. The van der Waals surface area contributed by atoms with Gasteiger partial charge in [0.25, 0.3) is 0 Å². The molecule has 0 spiro atoms. The second-order valence-corrected chi connectivity index (χ2v) is 3.73. The normalized spacial score (nSPS) is 18.5. The highest BCUT2D eigenvalue weighted by atomic mass is 16.3. The molecule has 1 saturated heterocycles. The number of nitrogens with zero attached hydrogens (tertiary/aromatic N) is 2. The van der Waals surface area contributed by atoms with E-state index in [-0.39, 0.29) is 0 Å². The Labute approximate surface area is 84.4 Å². The Morgan fingerprint density at radius 1 is 1.50 bits per heavy atom. The minimum atomic E-state index is 0.322. The second-order valence-electron chi connectivity index (χ2n) is 3.73. The van der Waals surface area contributed by atoms with E-state index in [0.717, 1.165) is 31.7 Å². The number of aliphatic hydroxyl groups excluding tert-OH is 1. The van der Waals surface area contributed by atoms with Gasteiger partial charge in [0.15, 0.2) is 0 Å². The summed E-state index contributed by atoms with van der Waals surface area (Å²) in [7, 11) is 0. The van der Waals surface area contributed by atoms with Gasteiger partial charge < -0.3 is 10.0 Å². The van der Waals surface area contributed by atoms with Gasteiger partial charge in [0, 0.05) is 25.9 Å². The first kappa shape index (κ1) is 9.46. The number of rotatable bonds is 2. The van der Waals surface area contributed by atoms with Crippen LogP contribution in [0.1, 0.15) is 12.8 Å². The van der Waals surface area contributed by atoms with Gasteiger partial charge in [0.05, 0.1) is 0 Å². The Morgan fingerprint density at radius 2 is 2.29 bits per heavy atom. The van der Waals surface area contributed by atoms with Gasteiger partial charge in [0.1, 0.15) is 5.82 Å². The van der Waals surface area contributed by atoms with Gasteiger partial charge in [-0.1, -0.05) is 0 Å². The van der Waals surface area contributed by atoms with Gasteiger partial charge in [-0.15, -0.1) is 0 Å². The summed E-state index contributed by atoms with van der Waals surface area (Å²) in [5, 5.41) is 9.01. The van der Waals surface area contributed by atoms with Gasteiger partial charge in [-0.2, -0.15) is 0 Å². The van der Waals surface area contributed by atoms with Gasteiger partial charge >= 0.3 is 0 Å². The maximum atomic E-state index is 9.01. The molecule has 3 heteroatoms. The van der Waals surface area contributed by atoms with Crippen LogP contribution in [0.15, 0.2) is 18.3 Å². The fraction of sp³-hybridized carbons (Fsp3) is 0.545. The number of anilines is 1. The van der Waals surface area contributed by atoms with Gasteiger partial charge in [0.2, 0.25) is 0 Å². The maximum Gasteiger partial charge on any atom is 0.129 e. The molecule has 1 aromatic rings. The summed E-state index contributed by atoms with van der Waals surface area (Å²) in [6.45, 7) is 2.31. The van der Waals surface area contributed by atoms with Crippen LogP contribution in [-0.4, -0.2) is 29.8 Å². The molecule has 0 saturated carbocycles. The van der Waals surface area contributed by atoms with E-state index < -0.39 is 0 Å². The summed E-state index contributed by atoms with van der Waals surface area (Å²) < 4.78 is 0. The van der Waals surface area contributed by atoms with Crippen molar-refractivity contribution in [3.05, 3.63) is 24.4 Å². The SMILES string of the molecule is OCC1CCN(c2c[c]ccn2)CC1. The number of aromatic nitrogens is 1. The largest absolute Gasteiger partial charge is 0.396 e. The molecule has 2 rings (SSSR count). The summed E-state index contributed by atoms with van der Waals surface area (Å²) in [4.78, 5) is 6.54. The lowest BCUT2D eigenvalue weighted by Crippen LogP contribution is -2.35. The lowest BCUT2D eigenvalue weighted by atomic mass is 9.98. The standard InChI is InChI=1S/C11H15N2O/c14-9-10-4-7-13(8-5-10)11-3-1-2-6-12-11/h2-3,6,10,14H,4-5,7-9H2. The van der Waals surface area contributed by atoms with E-state index in [0.29, 0.717) is 12.5 Å². The summed E-state index contributed by atoms with van der Waals surface area (Å²) in [5.74, 6) is 1.49. The number of hydrogen-bond donors (Lipinski definition) is 1. The van der Waals surface area contributed by atoms with Crippen molar-refractivity contribution in [2.75, 3.05) is 24.6 Å². The zero-order valence-electron chi connectivity index (χ0n) is 8.19. The van der Waals surface area contributed by atoms with Crippen molar-refractivity contribution in [2.24, 2.45) is 5.92 Å². The number of piperidine rings is 1. The zero-order chi connectivity index (χ0) is 9.80. The molecule has 1 N–H and O–H groups in total. The van der Waals surface area contributed by atoms with Crippen LogP contribution in [-0.2, 0) is 0 Å². The number of pyridine rings is 1. The average molecular weight is 191 g/mol. The Morgan fingerprint density at radius 3 is 2.86 bits per heavy atom. The van der Waals surface area contributed by atoms with Crippen LogP contribution in [0.2, 0.25) is 0 Å². The van der Waals surface area contributed by atoms with Crippen molar-refractivity contribution in [3.63, 3.8) is 0 Å². The third-order valence-corrected chi connectivity index (χ3v) is 2.79. The van der Waals surface area contributed by atoms with Crippen molar-refractivity contribution in [3.8, 4) is 0 Å². The maximum absolute atomic E-state index is 9.01. The summed E-state index contributed by atoms with van der Waals surface area (Å²) >= 11 is 0. The molecule has 0 amide bonds. The molecule has 2 heterocycles. The van der Waals surface area contributed by atoms with Gasteiger partial charge in [-0.25, -0.2) is 4.98 Å². The molecule has 1 radical (unpaired) electrons. The fourth-order valence-electron chi connectivity index (χ4n) is 1.83. The van der Waals surface area contributed by atoms with E-state index >= 15 is 0 Å². The quantitative estimate of drug-likeness (QED) is 0.760. The second kappa shape index (κ2) is 4.42. The molecule has 1 aliphatic heterocycles. The van der Waals surface area contributed by atoms with Crippen LogP contribution in [0.25, 0.3) is 0 Å². The van der Waals surface area contributed by atoms with Crippen LogP contribution in [0.4, 0.5) is 5.82 Å². The summed E-state index contributed by atoms with van der Waals surface area (Å²) in [6, 6.07) is 6.76. The monoisotopic (exact) mass is 191 g/mol. The van der Waals surface area contributed by atoms with E-state index in [4.69, 9.17) is 5.11 Å². The molecule has 0 aromatic carbocycles. The first-order valence-electron chi connectivity index (χ1n) is 5.08. The summed E-state index contributed by atoms with van der Waals surface area (Å²) in [5.41, 5.74) is 0. The van der Waals surface area contributed by atoms with Gasteiger partial charge in [-0.3, -0.25) is 0 Å². The van der Waals surface area contributed by atoms with E-state index in [9.17, 15) is 0 Å². The van der Waals surface area contributed by atoms with E-state index in [1.165, 1.54) is 0 Å². The third kappa shape index (κ3) is 2.04. The smallest absolute Gasteiger partial charge is 0.129 e. The number of hydrogen-bond acceptors (Lipinski definition) is 3. The van der Waals surface area contributed by atoms with Crippen molar-refractivity contribution in [1.29, 1.82) is 0 Å². The summed E-state index contributed by atoms with van der Waals surface area (Å²) in [6.07, 6.45) is 3.90. The molecule has 75 valence electrons. The minimum Gasteiger partial charge on any atom is -0.396 e.